The molecule has 1 N–H and O–H groups in total. The number of likely N-dealkylation sites (tertiary alicyclic amines) is 1. The summed E-state index contributed by atoms with van der Waals surface area (Å²) in [6, 6.07) is 6.31. The van der Waals surface area contributed by atoms with Crippen molar-refractivity contribution in [1.82, 2.24) is 10.2 Å². The van der Waals surface area contributed by atoms with Crippen LogP contribution < -0.4 is 5.32 Å². The predicted octanol–water partition coefficient (Wildman–Crippen LogP) is 3.08. The van der Waals surface area contributed by atoms with Crippen LogP contribution in [0.3, 0.4) is 0 Å². The van der Waals surface area contributed by atoms with E-state index in [0.717, 1.165) is 29.6 Å². The zero-order valence-electron chi connectivity index (χ0n) is 11.4. The second-order valence-electron chi connectivity index (χ2n) is 5.26. The van der Waals surface area contributed by atoms with Crippen LogP contribution in [-0.2, 0) is 6.54 Å². The first-order valence-corrected chi connectivity index (χ1v) is 7.25. The van der Waals surface area contributed by atoms with Gasteiger partial charge in [-0.1, -0.05) is 30.7 Å². The molecule has 0 aliphatic carbocycles. The smallest absolute Gasteiger partial charge is 0.0438 e. The Morgan fingerprint density at radius 1 is 1.44 bits per heavy atom. The number of rotatable bonds is 5. The number of nitrogens with zero attached hydrogens (tertiary/aromatic N) is 1. The highest BCUT2D eigenvalue weighted by molar-refractivity contribution is 6.31. The highest BCUT2D eigenvalue weighted by atomic mass is 35.5. The van der Waals surface area contributed by atoms with E-state index < -0.39 is 0 Å². The molecule has 1 aliphatic heterocycles. The highest BCUT2D eigenvalue weighted by Gasteiger charge is 2.20. The average Bonchev–Trinajstić information content (AvgIpc) is 2.82. The van der Waals surface area contributed by atoms with Gasteiger partial charge in [-0.3, -0.25) is 0 Å². The molecule has 1 heterocycles. The van der Waals surface area contributed by atoms with Crippen molar-refractivity contribution in [3.63, 3.8) is 0 Å². The molecule has 100 valence electrons. The van der Waals surface area contributed by atoms with Gasteiger partial charge in [0.15, 0.2) is 0 Å². The minimum absolute atomic E-state index is 0.811. The summed E-state index contributed by atoms with van der Waals surface area (Å²) in [6.07, 6.45) is 1.33. The fourth-order valence-corrected chi connectivity index (χ4v) is 2.74. The molecule has 1 saturated heterocycles. The summed E-state index contributed by atoms with van der Waals surface area (Å²) in [5.41, 5.74) is 2.42. The van der Waals surface area contributed by atoms with Crippen LogP contribution in [0, 0.1) is 12.8 Å². The molecule has 0 amide bonds. The molecule has 0 bridgehead atoms. The molecule has 1 aromatic rings. The molecular weight excluding hydrogens is 244 g/mol. The molecule has 0 aromatic heterocycles. The zero-order chi connectivity index (χ0) is 13.0. The minimum Gasteiger partial charge on any atom is -0.312 e. The Kier molecular flexibility index (Phi) is 5.04. The largest absolute Gasteiger partial charge is 0.312 e. The Hall–Kier alpha value is -0.570. The van der Waals surface area contributed by atoms with Crippen LogP contribution in [0.1, 0.15) is 24.5 Å². The maximum atomic E-state index is 6.12. The molecule has 1 fully saturated rings. The van der Waals surface area contributed by atoms with Crippen LogP contribution in [-0.4, -0.2) is 31.1 Å². The van der Waals surface area contributed by atoms with Gasteiger partial charge in [0, 0.05) is 18.1 Å². The van der Waals surface area contributed by atoms with Gasteiger partial charge in [0.05, 0.1) is 0 Å². The second kappa shape index (κ2) is 6.55. The van der Waals surface area contributed by atoms with E-state index in [2.05, 4.69) is 35.3 Å². The Labute approximate surface area is 115 Å². The van der Waals surface area contributed by atoms with Gasteiger partial charge in [-0.25, -0.2) is 0 Å². The van der Waals surface area contributed by atoms with E-state index in [1.165, 1.54) is 31.6 Å². The topological polar surface area (TPSA) is 15.3 Å². The lowest BCUT2D eigenvalue weighted by Gasteiger charge is -2.14. The van der Waals surface area contributed by atoms with Crippen LogP contribution in [0.4, 0.5) is 0 Å². The van der Waals surface area contributed by atoms with Crippen LogP contribution in [0.5, 0.6) is 0 Å². The van der Waals surface area contributed by atoms with Crippen LogP contribution in [0.25, 0.3) is 0 Å². The number of hydrogen-bond acceptors (Lipinski definition) is 2. The molecule has 0 spiro atoms. The zero-order valence-corrected chi connectivity index (χ0v) is 12.1. The fraction of sp³-hybridized carbons (Fsp3) is 0.600. The summed E-state index contributed by atoms with van der Waals surface area (Å²) < 4.78 is 0. The standard InChI is InChI=1S/C15H23ClN2/c1-3-18-7-6-14(11-18)10-17-9-13-5-4-12(2)15(16)8-13/h4-5,8,14,17H,3,6-7,9-11H2,1-2H3. The second-order valence-corrected chi connectivity index (χ2v) is 5.67. The van der Waals surface area contributed by atoms with Crippen molar-refractivity contribution in [2.75, 3.05) is 26.2 Å². The van der Waals surface area contributed by atoms with Crippen molar-refractivity contribution in [3.8, 4) is 0 Å². The first kappa shape index (κ1) is 13.9. The van der Waals surface area contributed by atoms with Gasteiger partial charge in [0.2, 0.25) is 0 Å². The van der Waals surface area contributed by atoms with E-state index in [0.29, 0.717) is 0 Å². The first-order chi connectivity index (χ1) is 8.69. The normalized spacial score (nSPS) is 20.5. The van der Waals surface area contributed by atoms with Gasteiger partial charge in [-0.15, -0.1) is 0 Å². The highest BCUT2D eigenvalue weighted by Crippen LogP contribution is 2.17. The van der Waals surface area contributed by atoms with Crippen molar-refractivity contribution in [2.45, 2.75) is 26.8 Å². The molecule has 2 nitrogen and oxygen atoms in total. The summed E-state index contributed by atoms with van der Waals surface area (Å²) in [5, 5.41) is 4.42. The average molecular weight is 267 g/mol. The van der Waals surface area contributed by atoms with Gasteiger partial charge in [0.1, 0.15) is 0 Å². The Morgan fingerprint density at radius 3 is 2.94 bits per heavy atom. The third-order valence-electron chi connectivity index (χ3n) is 3.82. The summed E-state index contributed by atoms with van der Waals surface area (Å²) in [5.74, 6) is 0.811. The molecule has 0 saturated carbocycles. The lowest BCUT2D eigenvalue weighted by molar-refractivity contribution is 0.339. The maximum absolute atomic E-state index is 6.12. The summed E-state index contributed by atoms with van der Waals surface area (Å²) in [6.45, 7) is 10.0. The molecule has 2 rings (SSSR count). The SMILES string of the molecule is CCN1CCC(CNCc2ccc(C)c(Cl)c2)C1. The minimum atomic E-state index is 0.811. The van der Waals surface area contributed by atoms with E-state index in [4.69, 9.17) is 11.6 Å². The Balaban J connectivity index is 1.73. The van der Waals surface area contributed by atoms with Crippen molar-refractivity contribution in [1.29, 1.82) is 0 Å². The van der Waals surface area contributed by atoms with Crippen molar-refractivity contribution in [3.05, 3.63) is 34.3 Å². The third kappa shape index (κ3) is 3.71. The monoisotopic (exact) mass is 266 g/mol. The van der Waals surface area contributed by atoms with Gasteiger partial charge >= 0.3 is 0 Å². The molecule has 1 unspecified atom stereocenters. The number of halogens is 1. The van der Waals surface area contributed by atoms with Gasteiger partial charge in [-0.05, 0) is 56.1 Å². The maximum Gasteiger partial charge on any atom is 0.0438 e. The third-order valence-corrected chi connectivity index (χ3v) is 4.22. The predicted molar refractivity (Wildman–Crippen MR) is 78.1 cm³/mol. The van der Waals surface area contributed by atoms with Crippen molar-refractivity contribution < 1.29 is 0 Å². The summed E-state index contributed by atoms with van der Waals surface area (Å²) in [7, 11) is 0. The van der Waals surface area contributed by atoms with Crippen molar-refractivity contribution in [2.24, 2.45) is 5.92 Å². The quantitative estimate of drug-likeness (QED) is 0.881. The summed E-state index contributed by atoms with van der Waals surface area (Å²) >= 11 is 6.12. The fourth-order valence-electron chi connectivity index (χ4n) is 2.53. The molecule has 0 radical (unpaired) electrons. The molecule has 1 aliphatic rings. The van der Waals surface area contributed by atoms with Crippen LogP contribution in [0.15, 0.2) is 18.2 Å². The van der Waals surface area contributed by atoms with E-state index in [1.807, 2.05) is 6.92 Å². The van der Waals surface area contributed by atoms with E-state index in [9.17, 15) is 0 Å². The molecule has 1 atom stereocenters. The lowest BCUT2D eigenvalue weighted by Crippen LogP contribution is -2.26. The van der Waals surface area contributed by atoms with Crippen LogP contribution in [0.2, 0.25) is 5.02 Å². The van der Waals surface area contributed by atoms with Gasteiger partial charge in [-0.2, -0.15) is 0 Å². The number of nitrogens with one attached hydrogen (secondary N) is 1. The number of aryl methyl sites for hydroxylation is 1. The molecule has 18 heavy (non-hydrogen) atoms. The van der Waals surface area contributed by atoms with Gasteiger partial charge in [0.25, 0.3) is 0 Å². The Morgan fingerprint density at radius 2 is 2.28 bits per heavy atom. The Bertz CT molecular complexity index is 392. The van der Waals surface area contributed by atoms with Crippen LogP contribution >= 0.6 is 11.6 Å². The van der Waals surface area contributed by atoms with E-state index in [1.54, 1.807) is 0 Å². The van der Waals surface area contributed by atoms with E-state index >= 15 is 0 Å². The number of benzene rings is 1. The summed E-state index contributed by atoms with van der Waals surface area (Å²) in [4.78, 5) is 2.52. The number of hydrogen-bond donors (Lipinski definition) is 1. The molecule has 1 aromatic carbocycles. The lowest BCUT2D eigenvalue weighted by atomic mass is 10.1. The van der Waals surface area contributed by atoms with Gasteiger partial charge < -0.3 is 10.2 Å². The molecule has 3 heteroatoms. The van der Waals surface area contributed by atoms with Crippen molar-refractivity contribution >= 4 is 11.6 Å². The van der Waals surface area contributed by atoms with E-state index in [-0.39, 0.29) is 0 Å². The first-order valence-electron chi connectivity index (χ1n) is 6.87. The molecular formula is C15H23ClN2.